The number of nitrogens with one attached hydrogen (secondary N) is 2. The van der Waals surface area contributed by atoms with Gasteiger partial charge in [0.05, 0.1) is 0 Å². The van der Waals surface area contributed by atoms with Crippen molar-refractivity contribution in [3.63, 3.8) is 0 Å². The molecule has 0 amide bonds. The van der Waals surface area contributed by atoms with Gasteiger partial charge >= 0.3 is 0 Å². The molecule has 0 unspecified atom stereocenters. The van der Waals surface area contributed by atoms with Crippen molar-refractivity contribution in [3.05, 3.63) is 52.4 Å². The van der Waals surface area contributed by atoms with Crippen LogP contribution in [0.3, 0.4) is 0 Å². The Labute approximate surface area is 138 Å². The molecule has 1 aromatic carbocycles. The average Bonchev–Trinajstić information content (AvgIpc) is 2.86. The monoisotopic (exact) mass is 329 g/mol. The van der Waals surface area contributed by atoms with Gasteiger partial charge in [-0.25, -0.2) is 4.98 Å². The van der Waals surface area contributed by atoms with Crippen LogP contribution in [0.15, 0.2) is 34.9 Å². The first-order chi connectivity index (χ1) is 11.0. The number of hydrogen-bond donors (Lipinski definition) is 2. The van der Waals surface area contributed by atoms with Crippen LogP contribution in [0.1, 0.15) is 17.0 Å². The zero-order valence-electron chi connectivity index (χ0n) is 13.0. The molecule has 2 heterocycles. The van der Waals surface area contributed by atoms with Gasteiger partial charge in [0.2, 0.25) is 5.95 Å². The maximum absolute atomic E-state index is 5.98. The van der Waals surface area contributed by atoms with Crippen molar-refractivity contribution in [1.82, 2.24) is 15.1 Å². The topological polar surface area (TPSA) is 75.9 Å². The fourth-order valence-electron chi connectivity index (χ4n) is 2.13. The third kappa shape index (κ3) is 3.78. The van der Waals surface area contributed by atoms with Crippen LogP contribution in [0, 0.1) is 20.8 Å². The molecule has 0 spiro atoms. The zero-order chi connectivity index (χ0) is 16.4. The Kier molecular flexibility index (Phi) is 4.16. The molecule has 7 heteroatoms. The summed E-state index contributed by atoms with van der Waals surface area (Å²) in [5.41, 5.74) is 2.75. The van der Waals surface area contributed by atoms with Crippen molar-refractivity contribution in [2.24, 2.45) is 0 Å². The lowest BCUT2D eigenvalue weighted by atomic mass is 10.2. The van der Waals surface area contributed by atoms with Gasteiger partial charge < -0.3 is 15.2 Å². The quantitative estimate of drug-likeness (QED) is 0.732. The second-order valence-corrected chi connectivity index (χ2v) is 5.69. The maximum atomic E-state index is 5.98. The van der Waals surface area contributed by atoms with Gasteiger partial charge in [0.25, 0.3) is 0 Å². The van der Waals surface area contributed by atoms with E-state index in [0.29, 0.717) is 22.6 Å². The molecular formula is C16H16ClN5O. The van der Waals surface area contributed by atoms with E-state index in [4.69, 9.17) is 16.1 Å². The molecule has 0 fully saturated rings. The minimum atomic E-state index is 0.498. The number of hydrogen-bond acceptors (Lipinski definition) is 6. The molecule has 0 atom stereocenters. The average molecular weight is 330 g/mol. The summed E-state index contributed by atoms with van der Waals surface area (Å²) < 4.78 is 5.04. The van der Waals surface area contributed by atoms with Gasteiger partial charge in [0.1, 0.15) is 11.6 Å². The van der Waals surface area contributed by atoms with E-state index in [0.717, 1.165) is 22.7 Å². The van der Waals surface area contributed by atoms with Gasteiger partial charge in [-0.2, -0.15) is 4.98 Å². The van der Waals surface area contributed by atoms with E-state index in [1.807, 2.05) is 45.0 Å². The first kappa shape index (κ1) is 15.3. The standard InChI is InChI=1S/C16H16ClN5O/c1-9-6-12(17)4-5-13(9)19-16-18-10(2)7-14(21-16)20-15-8-11(3)23-22-15/h4-8H,1-3H3,(H2,18,19,20,21,22). The number of benzene rings is 1. The molecule has 3 rings (SSSR count). The lowest BCUT2D eigenvalue weighted by molar-refractivity contribution is 0.400. The molecular weight excluding hydrogens is 314 g/mol. The molecule has 0 bridgehead atoms. The number of halogens is 1. The Morgan fingerprint density at radius 1 is 0.957 bits per heavy atom. The largest absolute Gasteiger partial charge is 0.360 e. The SMILES string of the molecule is Cc1cc(Nc2cc(C)on2)nc(Nc2ccc(Cl)cc2C)n1. The van der Waals surface area contributed by atoms with E-state index in [-0.39, 0.29) is 0 Å². The second kappa shape index (κ2) is 6.26. The van der Waals surface area contributed by atoms with Gasteiger partial charge in [0, 0.05) is 28.5 Å². The van der Waals surface area contributed by atoms with Gasteiger partial charge in [-0.3, -0.25) is 0 Å². The summed E-state index contributed by atoms with van der Waals surface area (Å²) in [6.45, 7) is 5.71. The number of rotatable bonds is 4. The van der Waals surface area contributed by atoms with E-state index in [1.165, 1.54) is 0 Å². The molecule has 0 saturated carbocycles. The number of anilines is 4. The minimum absolute atomic E-state index is 0.498. The number of aromatic nitrogens is 3. The van der Waals surface area contributed by atoms with Crippen LogP contribution in [0.2, 0.25) is 5.02 Å². The molecule has 23 heavy (non-hydrogen) atoms. The van der Waals surface area contributed by atoms with Crippen LogP contribution in [0.4, 0.5) is 23.3 Å². The lowest BCUT2D eigenvalue weighted by Crippen LogP contribution is -2.03. The highest BCUT2D eigenvalue weighted by molar-refractivity contribution is 6.30. The molecule has 0 saturated heterocycles. The van der Waals surface area contributed by atoms with E-state index < -0.39 is 0 Å². The Hall–Kier alpha value is -2.60. The van der Waals surface area contributed by atoms with Crippen molar-refractivity contribution in [2.45, 2.75) is 20.8 Å². The van der Waals surface area contributed by atoms with Crippen LogP contribution in [-0.4, -0.2) is 15.1 Å². The summed E-state index contributed by atoms with van der Waals surface area (Å²) >= 11 is 5.98. The zero-order valence-corrected chi connectivity index (χ0v) is 13.8. The normalized spacial score (nSPS) is 10.6. The fourth-order valence-corrected chi connectivity index (χ4v) is 2.36. The molecule has 2 N–H and O–H groups in total. The predicted molar refractivity (Wildman–Crippen MR) is 90.8 cm³/mol. The molecule has 0 aliphatic heterocycles. The Morgan fingerprint density at radius 3 is 2.48 bits per heavy atom. The van der Waals surface area contributed by atoms with Crippen LogP contribution in [-0.2, 0) is 0 Å². The first-order valence-electron chi connectivity index (χ1n) is 7.09. The third-order valence-electron chi connectivity index (χ3n) is 3.17. The number of nitrogens with zero attached hydrogens (tertiary/aromatic N) is 3. The Balaban J connectivity index is 1.85. The van der Waals surface area contributed by atoms with Crippen molar-refractivity contribution in [3.8, 4) is 0 Å². The van der Waals surface area contributed by atoms with Crippen LogP contribution in [0.5, 0.6) is 0 Å². The van der Waals surface area contributed by atoms with E-state index >= 15 is 0 Å². The van der Waals surface area contributed by atoms with Crippen molar-refractivity contribution in [2.75, 3.05) is 10.6 Å². The summed E-state index contributed by atoms with van der Waals surface area (Å²) in [5, 5.41) is 10.9. The second-order valence-electron chi connectivity index (χ2n) is 5.25. The van der Waals surface area contributed by atoms with Crippen molar-refractivity contribution >= 4 is 34.9 Å². The molecule has 0 aliphatic carbocycles. The Bertz CT molecular complexity index is 846. The molecule has 0 radical (unpaired) electrons. The van der Waals surface area contributed by atoms with Gasteiger partial charge in [-0.1, -0.05) is 16.8 Å². The highest BCUT2D eigenvalue weighted by Gasteiger charge is 2.07. The molecule has 118 valence electrons. The lowest BCUT2D eigenvalue weighted by Gasteiger charge is -2.10. The fraction of sp³-hybridized carbons (Fsp3) is 0.188. The van der Waals surface area contributed by atoms with E-state index in [2.05, 4.69) is 25.8 Å². The summed E-state index contributed by atoms with van der Waals surface area (Å²) in [7, 11) is 0. The summed E-state index contributed by atoms with van der Waals surface area (Å²) in [5.74, 6) is 2.47. The summed E-state index contributed by atoms with van der Waals surface area (Å²) in [6, 6.07) is 9.25. The molecule has 6 nitrogen and oxygen atoms in total. The van der Waals surface area contributed by atoms with E-state index in [9.17, 15) is 0 Å². The summed E-state index contributed by atoms with van der Waals surface area (Å²) in [4.78, 5) is 8.85. The van der Waals surface area contributed by atoms with Crippen LogP contribution < -0.4 is 10.6 Å². The van der Waals surface area contributed by atoms with Crippen LogP contribution >= 0.6 is 11.6 Å². The molecule has 2 aromatic heterocycles. The highest BCUT2D eigenvalue weighted by atomic mass is 35.5. The first-order valence-corrected chi connectivity index (χ1v) is 7.46. The third-order valence-corrected chi connectivity index (χ3v) is 3.41. The van der Waals surface area contributed by atoms with Crippen molar-refractivity contribution < 1.29 is 4.52 Å². The molecule has 0 aliphatic rings. The Morgan fingerprint density at radius 2 is 1.78 bits per heavy atom. The highest BCUT2D eigenvalue weighted by Crippen LogP contribution is 2.23. The smallest absolute Gasteiger partial charge is 0.229 e. The number of aryl methyl sites for hydroxylation is 3. The predicted octanol–water partition coefficient (Wildman–Crippen LogP) is 4.53. The van der Waals surface area contributed by atoms with Gasteiger partial charge in [-0.05, 0) is 44.5 Å². The van der Waals surface area contributed by atoms with Crippen molar-refractivity contribution in [1.29, 1.82) is 0 Å². The molecule has 3 aromatic rings. The minimum Gasteiger partial charge on any atom is -0.360 e. The maximum Gasteiger partial charge on any atom is 0.229 e. The van der Waals surface area contributed by atoms with E-state index in [1.54, 1.807) is 6.07 Å². The van der Waals surface area contributed by atoms with Gasteiger partial charge in [0.15, 0.2) is 5.82 Å². The van der Waals surface area contributed by atoms with Gasteiger partial charge in [-0.15, -0.1) is 0 Å². The summed E-state index contributed by atoms with van der Waals surface area (Å²) in [6.07, 6.45) is 0. The van der Waals surface area contributed by atoms with Crippen LogP contribution in [0.25, 0.3) is 0 Å².